The number of benzene rings is 2. The molecule has 2 aromatic rings. The molecule has 24 heavy (non-hydrogen) atoms. The van der Waals surface area contributed by atoms with E-state index in [1.54, 1.807) is 12.1 Å². The number of aliphatic carboxylic acids is 1. The Hall–Kier alpha value is -2.66. The number of carboxylic acids is 1. The number of nitrogens with one attached hydrogen (secondary N) is 1. The number of carboxylic acid groups (broad SMARTS) is 1. The van der Waals surface area contributed by atoms with Crippen molar-refractivity contribution in [2.45, 2.75) is 24.9 Å². The van der Waals surface area contributed by atoms with Gasteiger partial charge in [-0.3, -0.25) is 9.59 Å². The fourth-order valence-corrected chi connectivity index (χ4v) is 2.54. The molecule has 5 nitrogen and oxygen atoms in total. The van der Waals surface area contributed by atoms with Gasteiger partial charge in [0.25, 0.3) is 0 Å². The Morgan fingerprint density at radius 2 is 1.42 bits per heavy atom. The normalized spacial score (nSPS) is 13.0. The first kappa shape index (κ1) is 17.7. The number of amides is 1. The maximum atomic E-state index is 12.1. The fraction of sp³-hybridized carbons (Fsp3) is 0.263. The molecule has 0 heterocycles. The summed E-state index contributed by atoms with van der Waals surface area (Å²) < 4.78 is 0. The average molecular weight is 327 g/mol. The van der Waals surface area contributed by atoms with Crippen LogP contribution in [0, 0.1) is 0 Å². The van der Waals surface area contributed by atoms with Gasteiger partial charge in [0, 0.05) is 18.9 Å². The van der Waals surface area contributed by atoms with Gasteiger partial charge in [0.2, 0.25) is 5.91 Å². The third-order valence-corrected chi connectivity index (χ3v) is 3.80. The summed E-state index contributed by atoms with van der Waals surface area (Å²) in [5.41, 5.74) is 1.54. The third kappa shape index (κ3) is 5.52. The molecule has 0 radical (unpaired) electrons. The molecule has 3 N–H and O–H groups in total. The van der Waals surface area contributed by atoms with Crippen molar-refractivity contribution in [2.24, 2.45) is 0 Å². The highest BCUT2D eigenvalue weighted by atomic mass is 16.4. The van der Waals surface area contributed by atoms with Crippen LogP contribution in [0.4, 0.5) is 0 Å². The highest BCUT2D eigenvalue weighted by Gasteiger charge is 2.19. The zero-order valence-corrected chi connectivity index (χ0v) is 13.3. The van der Waals surface area contributed by atoms with Crippen LogP contribution in [-0.2, 0) is 9.59 Å². The highest BCUT2D eigenvalue weighted by molar-refractivity contribution is 5.78. The van der Waals surface area contributed by atoms with Crippen LogP contribution in [0.25, 0.3) is 0 Å². The molecule has 0 aliphatic heterocycles. The van der Waals surface area contributed by atoms with Crippen LogP contribution in [0.2, 0.25) is 0 Å². The molecule has 0 unspecified atom stereocenters. The van der Waals surface area contributed by atoms with E-state index in [-0.39, 0.29) is 25.3 Å². The van der Waals surface area contributed by atoms with E-state index in [4.69, 9.17) is 5.11 Å². The lowest BCUT2D eigenvalue weighted by Crippen LogP contribution is -2.29. The van der Waals surface area contributed by atoms with Gasteiger partial charge in [-0.25, -0.2) is 0 Å². The maximum Gasteiger partial charge on any atom is 0.303 e. The van der Waals surface area contributed by atoms with E-state index in [2.05, 4.69) is 5.32 Å². The van der Waals surface area contributed by atoms with E-state index in [0.717, 1.165) is 11.1 Å². The van der Waals surface area contributed by atoms with Crippen molar-refractivity contribution in [1.82, 2.24) is 5.32 Å². The Labute approximate surface area is 141 Å². The van der Waals surface area contributed by atoms with E-state index in [1.165, 1.54) is 0 Å². The van der Waals surface area contributed by atoms with Crippen LogP contribution in [0.1, 0.15) is 36.0 Å². The highest BCUT2D eigenvalue weighted by Crippen LogP contribution is 2.23. The van der Waals surface area contributed by atoms with Crippen molar-refractivity contribution in [3.63, 3.8) is 0 Å². The Kier molecular flexibility index (Phi) is 6.51. The number of aliphatic hydroxyl groups excluding tert-OH is 1. The summed E-state index contributed by atoms with van der Waals surface area (Å²) in [6.07, 6.45) is -0.832. The molecule has 5 heteroatoms. The standard InChI is InChI=1S/C19H21NO4/c21-17(15-9-5-2-6-10-15)13-20-18(22)11-16(12-19(23)24)14-7-3-1-4-8-14/h1-10,16-17,21H,11-13H2,(H,20,22)(H,23,24)/t16-,17-/m1/s1. The van der Waals surface area contributed by atoms with Gasteiger partial charge in [-0.15, -0.1) is 0 Å². The van der Waals surface area contributed by atoms with Crippen LogP contribution >= 0.6 is 0 Å². The third-order valence-electron chi connectivity index (χ3n) is 3.80. The molecule has 2 aromatic carbocycles. The van der Waals surface area contributed by atoms with Gasteiger partial charge in [-0.05, 0) is 11.1 Å². The second-order valence-electron chi connectivity index (χ2n) is 5.64. The van der Waals surface area contributed by atoms with Crippen LogP contribution in [0.5, 0.6) is 0 Å². The first-order valence-electron chi connectivity index (χ1n) is 7.82. The Morgan fingerprint density at radius 1 is 0.875 bits per heavy atom. The van der Waals surface area contributed by atoms with E-state index in [0.29, 0.717) is 0 Å². The molecular weight excluding hydrogens is 306 g/mol. The summed E-state index contributed by atoms with van der Waals surface area (Å²) in [6.45, 7) is 0.0947. The molecule has 0 bridgehead atoms. The van der Waals surface area contributed by atoms with Gasteiger partial charge in [0.15, 0.2) is 0 Å². The number of rotatable bonds is 8. The molecule has 2 rings (SSSR count). The fourth-order valence-electron chi connectivity index (χ4n) is 2.54. The quantitative estimate of drug-likeness (QED) is 0.695. The number of carbonyl (C=O) groups is 2. The number of aliphatic hydroxyl groups is 1. The monoisotopic (exact) mass is 327 g/mol. The van der Waals surface area contributed by atoms with Crippen molar-refractivity contribution in [1.29, 1.82) is 0 Å². The van der Waals surface area contributed by atoms with Gasteiger partial charge < -0.3 is 15.5 Å². The average Bonchev–Trinajstić information content (AvgIpc) is 2.60. The minimum Gasteiger partial charge on any atom is -0.481 e. The number of carbonyl (C=O) groups excluding carboxylic acids is 1. The molecule has 0 saturated heterocycles. The molecule has 0 fully saturated rings. The first-order chi connectivity index (χ1) is 11.6. The molecule has 0 aliphatic rings. The van der Waals surface area contributed by atoms with Gasteiger partial charge in [0.1, 0.15) is 0 Å². The summed E-state index contributed by atoms with van der Waals surface area (Å²) in [4.78, 5) is 23.2. The number of hydrogen-bond acceptors (Lipinski definition) is 3. The zero-order valence-electron chi connectivity index (χ0n) is 13.3. The van der Waals surface area contributed by atoms with Crippen LogP contribution in [0.15, 0.2) is 60.7 Å². The Balaban J connectivity index is 1.92. The second kappa shape index (κ2) is 8.84. The van der Waals surface area contributed by atoms with Gasteiger partial charge in [0.05, 0.1) is 12.5 Å². The van der Waals surface area contributed by atoms with Gasteiger partial charge in [-0.1, -0.05) is 60.7 Å². The molecule has 126 valence electrons. The van der Waals surface area contributed by atoms with Crippen LogP contribution < -0.4 is 5.32 Å². The molecule has 0 spiro atoms. The lowest BCUT2D eigenvalue weighted by molar-refractivity contribution is -0.137. The van der Waals surface area contributed by atoms with Crippen molar-refractivity contribution >= 4 is 11.9 Å². The van der Waals surface area contributed by atoms with E-state index >= 15 is 0 Å². The van der Waals surface area contributed by atoms with E-state index in [1.807, 2.05) is 48.5 Å². The molecule has 0 saturated carbocycles. The number of hydrogen-bond donors (Lipinski definition) is 3. The van der Waals surface area contributed by atoms with Crippen molar-refractivity contribution in [2.75, 3.05) is 6.54 Å². The lowest BCUT2D eigenvalue weighted by Gasteiger charge is -2.17. The molecule has 0 aliphatic carbocycles. The van der Waals surface area contributed by atoms with E-state index in [9.17, 15) is 14.7 Å². The topological polar surface area (TPSA) is 86.6 Å². The van der Waals surface area contributed by atoms with Crippen LogP contribution in [-0.4, -0.2) is 28.6 Å². The maximum absolute atomic E-state index is 12.1. The van der Waals surface area contributed by atoms with Crippen molar-refractivity contribution < 1.29 is 19.8 Å². The predicted octanol–water partition coefficient (Wildman–Crippen LogP) is 2.48. The largest absolute Gasteiger partial charge is 0.481 e. The Morgan fingerprint density at radius 3 is 1.96 bits per heavy atom. The SMILES string of the molecule is O=C(O)C[C@@H](CC(=O)NC[C@@H](O)c1ccccc1)c1ccccc1. The minimum atomic E-state index is -0.944. The summed E-state index contributed by atoms with van der Waals surface area (Å²) in [5, 5.41) is 21.8. The second-order valence-corrected chi connectivity index (χ2v) is 5.64. The van der Waals surface area contributed by atoms with Crippen LogP contribution in [0.3, 0.4) is 0 Å². The predicted molar refractivity (Wildman–Crippen MR) is 90.5 cm³/mol. The summed E-state index contributed by atoms with van der Waals surface area (Å²) >= 11 is 0. The molecule has 0 aromatic heterocycles. The van der Waals surface area contributed by atoms with Gasteiger partial charge >= 0.3 is 5.97 Å². The molecule has 1 amide bonds. The zero-order chi connectivity index (χ0) is 17.4. The minimum absolute atomic E-state index is 0.0673. The molecular formula is C19H21NO4. The summed E-state index contributed by atoms with van der Waals surface area (Å²) in [5.74, 6) is -1.61. The van der Waals surface area contributed by atoms with Crippen molar-refractivity contribution in [3.8, 4) is 0 Å². The molecule has 2 atom stereocenters. The Bertz CT molecular complexity index is 658. The van der Waals surface area contributed by atoms with Gasteiger partial charge in [-0.2, -0.15) is 0 Å². The first-order valence-corrected chi connectivity index (χ1v) is 7.82. The van der Waals surface area contributed by atoms with E-state index < -0.39 is 18.0 Å². The smallest absolute Gasteiger partial charge is 0.303 e. The summed E-state index contributed by atoms with van der Waals surface area (Å²) in [7, 11) is 0. The summed E-state index contributed by atoms with van der Waals surface area (Å²) in [6, 6.07) is 18.2. The van der Waals surface area contributed by atoms with Crippen molar-refractivity contribution in [3.05, 3.63) is 71.8 Å². The lowest BCUT2D eigenvalue weighted by atomic mass is 9.92.